The zero-order valence-electron chi connectivity index (χ0n) is 13.3. The number of anilines is 2. The van der Waals surface area contributed by atoms with Gasteiger partial charge in [-0.2, -0.15) is 0 Å². The van der Waals surface area contributed by atoms with Crippen LogP contribution in [-0.2, 0) is 4.79 Å². The Kier molecular flexibility index (Phi) is 5.23. The fraction of sp³-hybridized carbons (Fsp3) is 0.588. The molecule has 1 aromatic carbocycles. The monoisotopic (exact) mass is 289 g/mol. The van der Waals surface area contributed by atoms with Gasteiger partial charge in [0.2, 0.25) is 5.91 Å². The molecular formula is C17H27N3O. The van der Waals surface area contributed by atoms with Crippen LogP contribution in [0.15, 0.2) is 24.3 Å². The molecule has 0 bridgehead atoms. The van der Waals surface area contributed by atoms with Crippen LogP contribution in [0, 0.1) is 11.8 Å². The number of nitrogens with zero attached hydrogens (tertiary/aromatic N) is 1. The third-order valence-electron chi connectivity index (χ3n) is 4.30. The van der Waals surface area contributed by atoms with Crippen LogP contribution in [0.5, 0.6) is 0 Å². The third kappa shape index (κ3) is 4.21. The molecule has 4 heteroatoms. The van der Waals surface area contributed by atoms with Crippen molar-refractivity contribution in [3.8, 4) is 0 Å². The van der Waals surface area contributed by atoms with Gasteiger partial charge in [0, 0.05) is 24.5 Å². The van der Waals surface area contributed by atoms with Gasteiger partial charge >= 0.3 is 0 Å². The first-order valence-electron chi connectivity index (χ1n) is 7.89. The van der Waals surface area contributed by atoms with Crippen LogP contribution in [0.2, 0.25) is 0 Å². The molecular weight excluding hydrogens is 262 g/mol. The highest BCUT2D eigenvalue weighted by molar-refractivity contribution is 5.94. The lowest BCUT2D eigenvalue weighted by Gasteiger charge is -2.32. The van der Waals surface area contributed by atoms with Crippen molar-refractivity contribution >= 4 is 17.3 Å². The minimum atomic E-state index is -0.465. The van der Waals surface area contributed by atoms with E-state index < -0.39 is 6.04 Å². The number of carbonyl (C=O) groups excluding carboxylic acids is 1. The molecule has 1 aliphatic rings. The minimum Gasteiger partial charge on any atom is -0.372 e. The molecule has 21 heavy (non-hydrogen) atoms. The Bertz CT molecular complexity index is 461. The van der Waals surface area contributed by atoms with E-state index in [0.717, 1.165) is 24.7 Å². The van der Waals surface area contributed by atoms with Crippen LogP contribution in [0.1, 0.15) is 33.6 Å². The Labute approximate surface area is 127 Å². The predicted octanol–water partition coefficient (Wildman–Crippen LogP) is 2.84. The Hall–Kier alpha value is -1.55. The first-order chi connectivity index (χ1) is 9.97. The van der Waals surface area contributed by atoms with Gasteiger partial charge < -0.3 is 16.0 Å². The molecule has 0 aliphatic carbocycles. The van der Waals surface area contributed by atoms with Crippen molar-refractivity contribution in [1.82, 2.24) is 0 Å². The van der Waals surface area contributed by atoms with E-state index in [0.29, 0.717) is 0 Å². The maximum absolute atomic E-state index is 11.9. The molecule has 1 aromatic rings. The fourth-order valence-corrected chi connectivity index (χ4v) is 2.55. The number of hydrogen-bond donors (Lipinski definition) is 2. The third-order valence-corrected chi connectivity index (χ3v) is 4.30. The van der Waals surface area contributed by atoms with E-state index >= 15 is 0 Å². The second-order valence-electron chi connectivity index (χ2n) is 6.48. The van der Waals surface area contributed by atoms with Gasteiger partial charge in [-0.1, -0.05) is 20.8 Å². The molecule has 3 N–H and O–H groups in total. The summed E-state index contributed by atoms with van der Waals surface area (Å²) in [6, 6.07) is 7.60. The van der Waals surface area contributed by atoms with E-state index in [-0.39, 0.29) is 11.8 Å². The zero-order chi connectivity index (χ0) is 15.4. The number of rotatable bonds is 4. The molecule has 0 spiro atoms. The molecule has 0 aromatic heterocycles. The topological polar surface area (TPSA) is 58.4 Å². The van der Waals surface area contributed by atoms with Crippen LogP contribution in [0.4, 0.5) is 11.4 Å². The zero-order valence-corrected chi connectivity index (χ0v) is 13.3. The van der Waals surface area contributed by atoms with E-state index in [1.54, 1.807) is 0 Å². The highest BCUT2D eigenvalue weighted by atomic mass is 16.2. The standard InChI is InChI=1S/C17H27N3O/c1-12(2)16(18)17(21)19-14-4-6-15(7-5-14)20-10-8-13(3)9-11-20/h4-7,12-13,16H,8-11,18H2,1-3H3,(H,19,21)/t16-/m0/s1. The van der Waals surface area contributed by atoms with Gasteiger partial charge in [0.15, 0.2) is 0 Å². The largest absolute Gasteiger partial charge is 0.372 e. The van der Waals surface area contributed by atoms with Gasteiger partial charge in [-0.3, -0.25) is 4.79 Å². The molecule has 0 unspecified atom stereocenters. The fourth-order valence-electron chi connectivity index (χ4n) is 2.55. The summed E-state index contributed by atoms with van der Waals surface area (Å²) in [6.07, 6.45) is 2.50. The highest BCUT2D eigenvalue weighted by Crippen LogP contribution is 2.24. The second-order valence-corrected chi connectivity index (χ2v) is 6.48. The molecule has 0 radical (unpaired) electrons. The smallest absolute Gasteiger partial charge is 0.241 e. The Morgan fingerprint density at radius 2 is 1.81 bits per heavy atom. The summed E-state index contributed by atoms with van der Waals surface area (Å²) in [4.78, 5) is 14.3. The molecule has 1 amide bonds. The predicted molar refractivity (Wildman–Crippen MR) is 88.5 cm³/mol. The average Bonchev–Trinajstić information content (AvgIpc) is 2.48. The SMILES string of the molecule is CC1CCN(c2ccc(NC(=O)[C@@H](N)C(C)C)cc2)CC1. The van der Waals surface area contributed by atoms with Gasteiger partial charge in [0.25, 0.3) is 0 Å². The van der Waals surface area contributed by atoms with Gasteiger partial charge in [0.05, 0.1) is 6.04 Å². The number of nitrogens with two attached hydrogens (primary N) is 1. The molecule has 0 saturated carbocycles. The lowest BCUT2D eigenvalue weighted by molar-refractivity contribution is -0.118. The maximum Gasteiger partial charge on any atom is 0.241 e. The number of nitrogens with one attached hydrogen (secondary N) is 1. The van der Waals surface area contributed by atoms with Crippen LogP contribution >= 0.6 is 0 Å². The Morgan fingerprint density at radius 1 is 1.24 bits per heavy atom. The number of carbonyl (C=O) groups is 1. The summed E-state index contributed by atoms with van der Waals surface area (Å²) < 4.78 is 0. The van der Waals surface area contributed by atoms with Gasteiger partial charge in [0.1, 0.15) is 0 Å². The van der Waals surface area contributed by atoms with Crippen molar-refractivity contribution < 1.29 is 4.79 Å². The molecule has 2 rings (SSSR count). The number of amides is 1. The first kappa shape index (κ1) is 15.8. The van der Waals surface area contributed by atoms with Crippen LogP contribution in [0.3, 0.4) is 0 Å². The van der Waals surface area contributed by atoms with Crippen molar-refractivity contribution in [2.75, 3.05) is 23.3 Å². The van der Waals surface area contributed by atoms with Crippen molar-refractivity contribution in [2.24, 2.45) is 17.6 Å². The van der Waals surface area contributed by atoms with Gasteiger partial charge in [-0.15, -0.1) is 0 Å². The lowest BCUT2D eigenvalue weighted by Crippen LogP contribution is -2.39. The maximum atomic E-state index is 11.9. The van der Waals surface area contributed by atoms with E-state index in [9.17, 15) is 4.79 Å². The summed E-state index contributed by atoms with van der Waals surface area (Å²) in [5.41, 5.74) is 7.89. The summed E-state index contributed by atoms with van der Waals surface area (Å²) in [5.74, 6) is 0.849. The van der Waals surface area contributed by atoms with E-state index in [2.05, 4.69) is 29.3 Å². The molecule has 4 nitrogen and oxygen atoms in total. The van der Waals surface area contributed by atoms with Crippen molar-refractivity contribution in [1.29, 1.82) is 0 Å². The van der Waals surface area contributed by atoms with Crippen molar-refractivity contribution in [2.45, 2.75) is 39.7 Å². The number of hydrogen-bond acceptors (Lipinski definition) is 3. The normalized spacial score (nSPS) is 17.9. The van der Waals surface area contributed by atoms with Crippen molar-refractivity contribution in [3.63, 3.8) is 0 Å². The first-order valence-corrected chi connectivity index (χ1v) is 7.89. The molecule has 1 heterocycles. The van der Waals surface area contributed by atoms with Crippen LogP contribution in [-0.4, -0.2) is 25.0 Å². The van der Waals surface area contributed by atoms with E-state index in [1.165, 1.54) is 18.5 Å². The molecule has 1 atom stereocenters. The summed E-state index contributed by atoms with van der Waals surface area (Å²) >= 11 is 0. The van der Waals surface area contributed by atoms with Gasteiger partial charge in [-0.25, -0.2) is 0 Å². The second kappa shape index (κ2) is 6.94. The quantitative estimate of drug-likeness (QED) is 0.896. The Morgan fingerprint density at radius 3 is 2.33 bits per heavy atom. The summed E-state index contributed by atoms with van der Waals surface area (Å²) in [6.45, 7) is 8.44. The van der Waals surface area contributed by atoms with Crippen LogP contribution < -0.4 is 16.0 Å². The number of piperidine rings is 1. The molecule has 1 fully saturated rings. The van der Waals surface area contributed by atoms with Crippen LogP contribution in [0.25, 0.3) is 0 Å². The minimum absolute atomic E-state index is 0.121. The average molecular weight is 289 g/mol. The molecule has 1 saturated heterocycles. The Balaban J connectivity index is 1.94. The van der Waals surface area contributed by atoms with Crippen molar-refractivity contribution in [3.05, 3.63) is 24.3 Å². The number of benzene rings is 1. The molecule has 1 aliphatic heterocycles. The lowest BCUT2D eigenvalue weighted by atomic mass is 9.99. The van der Waals surface area contributed by atoms with E-state index in [1.807, 2.05) is 26.0 Å². The summed E-state index contributed by atoms with van der Waals surface area (Å²) in [5, 5.41) is 2.88. The summed E-state index contributed by atoms with van der Waals surface area (Å²) in [7, 11) is 0. The van der Waals surface area contributed by atoms with E-state index in [4.69, 9.17) is 5.73 Å². The molecule has 116 valence electrons. The van der Waals surface area contributed by atoms with Gasteiger partial charge in [-0.05, 0) is 48.9 Å². The highest BCUT2D eigenvalue weighted by Gasteiger charge is 2.18.